The number of anilines is 1. The number of benzene rings is 1. The zero-order chi connectivity index (χ0) is 12.6. The van der Waals surface area contributed by atoms with E-state index in [0.717, 1.165) is 32.7 Å². The van der Waals surface area contributed by atoms with Gasteiger partial charge in [0, 0.05) is 44.0 Å². The molecule has 0 atom stereocenters. The molecule has 1 saturated heterocycles. The van der Waals surface area contributed by atoms with Gasteiger partial charge in [0.25, 0.3) is 0 Å². The minimum absolute atomic E-state index is 0.159. The van der Waals surface area contributed by atoms with Crippen LogP contribution in [0, 0.1) is 6.92 Å². The molecular weight excluding hydrogens is 222 g/mol. The highest BCUT2D eigenvalue weighted by atomic mass is 15.3. The third-order valence-corrected chi connectivity index (χ3v) is 4.20. The Kier molecular flexibility index (Phi) is 3.04. The van der Waals surface area contributed by atoms with Crippen molar-refractivity contribution in [3.63, 3.8) is 0 Å². The van der Waals surface area contributed by atoms with Crippen LogP contribution in [0.3, 0.4) is 0 Å². The standard InChI is InChI=1S/C15H23N3/c1-13-2-4-14(5-3-13)18-10-8-17(9-11-18)12-15(16)6-7-15/h2-5H,6-12,16H2,1H3. The van der Waals surface area contributed by atoms with E-state index in [1.54, 1.807) is 0 Å². The summed E-state index contributed by atoms with van der Waals surface area (Å²) in [5.41, 5.74) is 9.03. The van der Waals surface area contributed by atoms with Crippen molar-refractivity contribution in [3.8, 4) is 0 Å². The summed E-state index contributed by atoms with van der Waals surface area (Å²) in [6, 6.07) is 8.86. The molecule has 18 heavy (non-hydrogen) atoms. The van der Waals surface area contributed by atoms with Crippen LogP contribution in [0.1, 0.15) is 18.4 Å². The van der Waals surface area contributed by atoms with Crippen LogP contribution in [0.25, 0.3) is 0 Å². The summed E-state index contributed by atoms with van der Waals surface area (Å²) in [7, 11) is 0. The van der Waals surface area contributed by atoms with Gasteiger partial charge in [-0.1, -0.05) is 17.7 Å². The van der Waals surface area contributed by atoms with Gasteiger partial charge in [-0.25, -0.2) is 0 Å². The predicted octanol–water partition coefficient (Wildman–Crippen LogP) is 1.61. The van der Waals surface area contributed by atoms with Gasteiger partial charge in [-0.3, -0.25) is 4.90 Å². The van der Waals surface area contributed by atoms with E-state index in [2.05, 4.69) is 41.0 Å². The Labute approximate surface area is 110 Å². The van der Waals surface area contributed by atoms with E-state index in [4.69, 9.17) is 5.73 Å². The molecule has 2 N–H and O–H groups in total. The molecule has 0 radical (unpaired) electrons. The van der Waals surface area contributed by atoms with Crippen molar-refractivity contribution in [1.29, 1.82) is 0 Å². The van der Waals surface area contributed by atoms with Gasteiger partial charge in [0.05, 0.1) is 0 Å². The Balaban J connectivity index is 1.54. The Bertz CT molecular complexity index is 400. The minimum atomic E-state index is 0.159. The van der Waals surface area contributed by atoms with Crippen LogP contribution in [-0.4, -0.2) is 43.2 Å². The number of piperazine rings is 1. The normalized spacial score (nSPS) is 23.1. The number of rotatable bonds is 3. The second-order valence-electron chi connectivity index (χ2n) is 5.96. The third kappa shape index (κ3) is 2.68. The maximum atomic E-state index is 6.18. The fourth-order valence-corrected chi connectivity index (χ4v) is 2.68. The molecule has 98 valence electrons. The summed E-state index contributed by atoms with van der Waals surface area (Å²) >= 11 is 0. The molecule has 3 heteroatoms. The summed E-state index contributed by atoms with van der Waals surface area (Å²) in [4.78, 5) is 5.00. The maximum Gasteiger partial charge on any atom is 0.0367 e. The molecular formula is C15H23N3. The largest absolute Gasteiger partial charge is 0.369 e. The smallest absolute Gasteiger partial charge is 0.0367 e. The quantitative estimate of drug-likeness (QED) is 0.878. The van der Waals surface area contributed by atoms with Crippen molar-refractivity contribution in [2.45, 2.75) is 25.3 Å². The zero-order valence-corrected chi connectivity index (χ0v) is 11.2. The highest BCUT2D eigenvalue weighted by Crippen LogP contribution is 2.33. The van der Waals surface area contributed by atoms with Crippen molar-refractivity contribution < 1.29 is 0 Å². The second-order valence-corrected chi connectivity index (χ2v) is 5.96. The van der Waals surface area contributed by atoms with Crippen LogP contribution < -0.4 is 10.6 Å². The molecule has 0 spiro atoms. The SMILES string of the molecule is Cc1ccc(N2CCN(CC3(N)CC3)CC2)cc1. The van der Waals surface area contributed by atoms with Crippen LogP contribution in [0.5, 0.6) is 0 Å². The molecule has 0 unspecified atom stereocenters. The van der Waals surface area contributed by atoms with Crippen LogP contribution in [0.15, 0.2) is 24.3 Å². The molecule has 2 aliphatic rings. The Morgan fingerprint density at radius 3 is 2.22 bits per heavy atom. The lowest BCUT2D eigenvalue weighted by Crippen LogP contribution is -2.50. The van der Waals surface area contributed by atoms with Crippen LogP contribution in [-0.2, 0) is 0 Å². The molecule has 1 aromatic rings. The van der Waals surface area contributed by atoms with Crippen molar-refractivity contribution in [2.75, 3.05) is 37.6 Å². The van der Waals surface area contributed by atoms with E-state index in [1.165, 1.54) is 24.1 Å². The van der Waals surface area contributed by atoms with Crippen LogP contribution in [0.4, 0.5) is 5.69 Å². The van der Waals surface area contributed by atoms with E-state index in [9.17, 15) is 0 Å². The van der Waals surface area contributed by atoms with Gasteiger partial charge >= 0.3 is 0 Å². The predicted molar refractivity (Wildman–Crippen MR) is 76.0 cm³/mol. The summed E-state index contributed by atoms with van der Waals surface area (Å²) in [6.07, 6.45) is 2.43. The minimum Gasteiger partial charge on any atom is -0.369 e. The molecule has 3 rings (SSSR count). The Morgan fingerprint density at radius 2 is 1.67 bits per heavy atom. The fourth-order valence-electron chi connectivity index (χ4n) is 2.68. The molecule has 1 heterocycles. The highest BCUT2D eigenvalue weighted by Gasteiger charge is 2.40. The zero-order valence-electron chi connectivity index (χ0n) is 11.2. The summed E-state index contributed by atoms with van der Waals surface area (Å²) in [6.45, 7) is 7.77. The molecule has 1 aromatic carbocycles. The van der Waals surface area contributed by atoms with Crippen LogP contribution >= 0.6 is 0 Å². The lowest BCUT2D eigenvalue weighted by atomic mass is 10.2. The number of aryl methyl sites for hydroxylation is 1. The van der Waals surface area contributed by atoms with Crippen LogP contribution in [0.2, 0.25) is 0 Å². The Morgan fingerprint density at radius 1 is 1.06 bits per heavy atom. The van der Waals surface area contributed by atoms with Crippen molar-refractivity contribution in [3.05, 3.63) is 29.8 Å². The molecule has 0 aromatic heterocycles. The number of hydrogen-bond donors (Lipinski definition) is 1. The average Bonchev–Trinajstić information content (AvgIpc) is 3.09. The summed E-state index contributed by atoms with van der Waals surface area (Å²) in [5.74, 6) is 0. The first-order chi connectivity index (χ1) is 8.65. The Hall–Kier alpha value is -1.06. The second kappa shape index (κ2) is 4.56. The van der Waals surface area contributed by atoms with Gasteiger partial charge in [0.2, 0.25) is 0 Å². The van der Waals surface area contributed by atoms with Gasteiger partial charge in [0.1, 0.15) is 0 Å². The molecule has 1 aliphatic heterocycles. The summed E-state index contributed by atoms with van der Waals surface area (Å²) in [5, 5.41) is 0. The van der Waals surface area contributed by atoms with E-state index in [1.807, 2.05) is 0 Å². The maximum absolute atomic E-state index is 6.18. The molecule has 0 bridgehead atoms. The number of nitrogens with two attached hydrogens (primary N) is 1. The summed E-state index contributed by atoms with van der Waals surface area (Å²) < 4.78 is 0. The molecule has 0 amide bonds. The van der Waals surface area contributed by atoms with Gasteiger partial charge in [0.15, 0.2) is 0 Å². The highest BCUT2D eigenvalue weighted by molar-refractivity contribution is 5.47. The third-order valence-electron chi connectivity index (χ3n) is 4.20. The van der Waals surface area contributed by atoms with Gasteiger partial charge in [-0.05, 0) is 31.9 Å². The first-order valence-corrected chi connectivity index (χ1v) is 6.98. The molecule has 1 saturated carbocycles. The van der Waals surface area contributed by atoms with Crippen molar-refractivity contribution in [2.24, 2.45) is 5.73 Å². The van der Waals surface area contributed by atoms with Crippen molar-refractivity contribution in [1.82, 2.24) is 4.90 Å². The van der Waals surface area contributed by atoms with Gasteiger partial charge in [-0.2, -0.15) is 0 Å². The number of nitrogens with zero attached hydrogens (tertiary/aromatic N) is 2. The first kappa shape index (κ1) is 12.0. The lowest BCUT2D eigenvalue weighted by Gasteiger charge is -2.37. The molecule has 2 fully saturated rings. The lowest BCUT2D eigenvalue weighted by molar-refractivity contribution is 0.236. The number of hydrogen-bond acceptors (Lipinski definition) is 3. The molecule has 1 aliphatic carbocycles. The first-order valence-electron chi connectivity index (χ1n) is 6.98. The van der Waals surface area contributed by atoms with E-state index >= 15 is 0 Å². The van der Waals surface area contributed by atoms with E-state index in [0.29, 0.717) is 0 Å². The molecule has 3 nitrogen and oxygen atoms in total. The fraction of sp³-hybridized carbons (Fsp3) is 0.600. The topological polar surface area (TPSA) is 32.5 Å². The van der Waals surface area contributed by atoms with Gasteiger partial charge in [-0.15, -0.1) is 0 Å². The monoisotopic (exact) mass is 245 g/mol. The van der Waals surface area contributed by atoms with Gasteiger partial charge < -0.3 is 10.6 Å². The average molecular weight is 245 g/mol. The van der Waals surface area contributed by atoms with E-state index in [-0.39, 0.29) is 5.54 Å². The van der Waals surface area contributed by atoms with E-state index < -0.39 is 0 Å². The van der Waals surface area contributed by atoms with Crippen molar-refractivity contribution >= 4 is 5.69 Å².